The summed E-state index contributed by atoms with van der Waals surface area (Å²) in [6.07, 6.45) is 4.84. The summed E-state index contributed by atoms with van der Waals surface area (Å²) in [4.78, 5) is 8.35. The molecule has 25 heavy (non-hydrogen) atoms. The number of aromatic nitrogens is 6. The number of hydrogen-bond donors (Lipinski definition) is 1. The van der Waals surface area contributed by atoms with E-state index in [-0.39, 0.29) is 12.1 Å². The zero-order valence-electron chi connectivity index (χ0n) is 13.2. The maximum atomic E-state index is 13.9. The standard InChI is InChI=1S/C16H13F2N7/c1-24-9-20-16(23-24)22-15-5-14-11(6-19-15)7-21-25(14)8-10-4-12(17)2-3-13(10)18/h2-7,9H,8H2,1H3,(H,19,22,23). The minimum absolute atomic E-state index is 0.110. The normalized spacial score (nSPS) is 11.2. The molecule has 0 bridgehead atoms. The fraction of sp³-hybridized carbons (Fsp3) is 0.125. The molecule has 126 valence electrons. The van der Waals surface area contributed by atoms with Gasteiger partial charge in [0.2, 0.25) is 5.95 Å². The molecule has 0 aliphatic rings. The summed E-state index contributed by atoms with van der Waals surface area (Å²) in [5, 5.41) is 12.1. The summed E-state index contributed by atoms with van der Waals surface area (Å²) in [5.41, 5.74) is 0.958. The zero-order valence-corrected chi connectivity index (χ0v) is 13.2. The van der Waals surface area contributed by atoms with Crippen LogP contribution in [0.15, 0.2) is 43.0 Å². The molecular formula is C16H13F2N7. The van der Waals surface area contributed by atoms with Gasteiger partial charge in [-0.25, -0.2) is 18.7 Å². The van der Waals surface area contributed by atoms with Crippen molar-refractivity contribution in [3.8, 4) is 0 Å². The number of pyridine rings is 1. The summed E-state index contributed by atoms with van der Waals surface area (Å²) in [5.74, 6) is -0.0231. The highest BCUT2D eigenvalue weighted by Crippen LogP contribution is 2.20. The monoisotopic (exact) mass is 341 g/mol. The molecule has 0 spiro atoms. The largest absolute Gasteiger partial charge is 0.307 e. The third kappa shape index (κ3) is 3.03. The Balaban J connectivity index is 1.67. The Kier molecular flexibility index (Phi) is 3.60. The van der Waals surface area contributed by atoms with Crippen LogP contribution < -0.4 is 5.32 Å². The highest BCUT2D eigenvalue weighted by molar-refractivity contribution is 5.80. The molecule has 9 heteroatoms. The van der Waals surface area contributed by atoms with Gasteiger partial charge in [0, 0.05) is 30.3 Å². The molecule has 0 aliphatic heterocycles. The molecular weight excluding hydrogens is 328 g/mol. The van der Waals surface area contributed by atoms with Crippen molar-refractivity contribution in [2.45, 2.75) is 6.54 Å². The lowest BCUT2D eigenvalue weighted by Gasteiger charge is -2.07. The quantitative estimate of drug-likeness (QED) is 0.618. The molecule has 3 heterocycles. The average Bonchev–Trinajstić information content (AvgIpc) is 3.17. The predicted octanol–water partition coefficient (Wildman–Crippen LogP) is 2.63. The summed E-state index contributed by atoms with van der Waals surface area (Å²) in [6, 6.07) is 5.13. The Hall–Kier alpha value is -3.36. The van der Waals surface area contributed by atoms with E-state index < -0.39 is 11.6 Å². The van der Waals surface area contributed by atoms with Crippen LogP contribution in [0, 0.1) is 11.6 Å². The van der Waals surface area contributed by atoms with Gasteiger partial charge in [-0.05, 0) is 18.2 Å². The van der Waals surface area contributed by atoms with Crippen molar-refractivity contribution in [2.24, 2.45) is 7.05 Å². The summed E-state index contributed by atoms with van der Waals surface area (Å²) < 4.78 is 30.4. The van der Waals surface area contributed by atoms with Crippen LogP contribution in [0.1, 0.15) is 5.56 Å². The molecule has 4 aromatic rings. The second kappa shape index (κ2) is 5.93. The maximum absolute atomic E-state index is 13.9. The van der Waals surface area contributed by atoms with Crippen LogP contribution in [0.4, 0.5) is 20.5 Å². The number of rotatable bonds is 4. The Morgan fingerprint density at radius 1 is 1.12 bits per heavy atom. The van der Waals surface area contributed by atoms with Crippen molar-refractivity contribution < 1.29 is 8.78 Å². The highest BCUT2D eigenvalue weighted by atomic mass is 19.1. The van der Waals surface area contributed by atoms with E-state index in [0.717, 1.165) is 23.0 Å². The van der Waals surface area contributed by atoms with Gasteiger partial charge in [0.1, 0.15) is 23.8 Å². The van der Waals surface area contributed by atoms with E-state index in [1.54, 1.807) is 41.2 Å². The molecule has 1 aromatic carbocycles. The fourth-order valence-corrected chi connectivity index (χ4v) is 2.50. The van der Waals surface area contributed by atoms with E-state index in [9.17, 15) is 8.78 Å². The first-order valence-corrected chi connectivity index (χ1v) is 7.46. The van der Waals surface area contributed by atoms with Crippen molar-refractivity contribution in [3.63, 3.8) is 0 Å². The number of benzene rings is 1. The topological polar surface area (TPSA) is 73.5 Å². The molecule has 3 aromatic heterocycles. The third-order valence-electron chi connectivity index (χ3n) is 3.69. The number of fused-ring (bicyclic) bond motifs is 1. The lowest BCUT2D eigenvalue weighted by Crippen LogP contribution is -2.04. The smallest absolute Gasteiger partial charge is 0.247 e. The summed E-state index contributed by atoms with van der Waals surface area (Å²) in [6.45, 7) is 0.110. The molecule has 0 radical (unpaired) electrons. The highest BCUT2D eigenvalue weighted by Gasteiger charge is 2.10. The average molecular weight is 341 g/mol. The van der Waals surface area contributed by atoms with Gasteiger partial charge in [-0.1, -0.05) is 0 Å². The fourth-order valence-electron chi connectivity index (χ4n) is 2.50. The molecule has 0 unspecified atom stereocenters. The third-order valence-corrected chi connectivity index (χ3v) is 3.69. The number of hydrogen-bond acceptors (Lipinski definition) is 5. The van der Waals surface area contributed by atoms with Crippen LogP contribution in [-0.2, 0) is 13.6 Å². The van der Waals surface area contributed by atoms with Gasteiger partial charge in [0.25, 0.3) is 0 Å². The molecule has 0 saturated carbocycles. The minimum atomic E-state index is -0.488. The Morgan fingerprint density at radius 2 is 2.00 bits per heavy atom. The van der Waals surface area contributed by atoms with Gasteiger partial charge >= 0.3 is 0 Å². The van der Waals surface area contributed by atoms with Crippen molar-refractivity contribution >= 4 is 22.7 Å². The number of aryl methyl sites for hydroxylation is 1. The van der Waals surface area contributed by atoms with Gasteiger partial charge < -0.3 is 5.32 Å². The first-order chi connectivity index (χ1) is 12.1. The van der Waals surface area contributed by atoms with E-state index in [2.05, 4.69) is 25.5 Å². The number of nitrogens with one attached hydrogen (secondary N) is 1. The van der Waals surface area contributed by atoms with Gasteiger partial charge in [-0.15, -0.1) is 5.10 Å². The van der Waals surface area contributed by atoms with Crippen LogP contribution in [0.25, 0.3) is 10.9 Å². The van der Waals surface area contributed by atoms with Crippen LogP contribution >= 0.6 is 0 Å². The maximum Gasteiger partial charge on any atom is 0.247 e. The molecule has 1 N–H and O–H groups in total. The van der Waals surface area contributed by atoms with E-state index in [4.69, 9.17) is 0 Å². The van der Waals surface area contributed by atoms with E-state index >= 15 is 0 Å². The van der Waals surface area contributed by atoms with E-state index in [0.29, 0.717) is 11.8 Å². The molecule has 4 rings (SSSR count). The van der Waals surface area contributed by atoms with Gasteiger partial charge in [0.05, 0.1) is 18.3 Å². The second-order valence-corrected chi connectivity index (χ2v) is 5.53. The van der Waals surface area contributed by atoms with Crippen LogP contribution in [0.3, 0.4) is 0 Å². The first kappa shape index (κ1) is 15.2. The Labute approximate surface area is 140 Å². The van der Waals surface area contributed by atoms with Crippen LogP contribution in [0.2, 0.25) is 0 Å². The predicted molar refractivity (Wildman–Crippen MR) is 87.3 cm³/mol. The summed E-state index contributed by atoms with van der Waals surface area (Å²) in [7, 11) is 1.76. The number of halogens is 2. The molecule has 0 aliphatic carbocycles. The van der Waals surface area contributed by atoms with Crippen LogP contribution in [-0.4, -0.2) is 29.5 Å². The first-order valence-electron chi connectivity index (χ1n) is 7.46. The lowest BCUT2D eigenvalue weighted by atomic mass is 10.2. The molecule has 0 atom stereocenters. The van der Waals surface area contributed by atoms with E-state index in [1.807, 2.05) is 0 Å². The number of anilines is 2. The van der Waals surface area contributed by atoms with Gasteiger partial charge in [0.15, 0.2) is 0 Å². The van der Waals surface area contributed by atoms with Gasteiger partial charge in [-0.3, -0.25) is 9.36 Å². The molecule has 0 saturated heterocycles. The second-order valence-electron chi connectivity index (χ2n) is 5.53. The molecule has 0 amide bonds. The molecule has 0 fully saturated rings. The van der Waals surface area contributed by atoms with Gasteiger partial charge in [-0.2, -0.15) is 5.10 Å². The van der Waals surface area contributed by atoms with E-state index in [1.165, 1.54) is 6.07 Å². The van der Waals surface area contributed by atoms with Crippen molar-refractivity contribution in [3.05, 3.63) is 60.2 Å². The minimum Gasteiger partial charge on any atom is -0.307 e. The zero-order chi connectivity index (χ0) is 17.4. The SMILES string of the molecule is Cn1cnc(Nc2cc3c(cn2)cnn3Cc2cc(F)ccc2F)n1. The summed E-state index contributed by atoms with van der Waals surface area (Å²) >= 11 is 0. The number of nitrogens with zero attached hydrogens (tertiary/aromatic N) is 6. The Morgan fingerprint density at radius 3 is 2.80 bits per heavy atom. The lowest BCUT2D eigenvalue weighted by molar-refractivity contribution is 0.570. The van der Waals surface area contributed by atoms with Crippen molar-refractivity contribution in [1.29, 1.82) is 0 Å². The molecule has 7 nitrogen and oxygen atoms in total. The van der Waals surface area contributed by atoms with Crippen LogP contribution in [0.5, 0.6) is 0 Å². The van der Waals surface area contributed by atoms with Crippen molar-refractivity contribution in [1.82, 2.24) is 29.5 Å². The van der Waals surface area contributed by atoms with Crippen molar-refractivity contribution in [2.75, 3.05) is 5.32 Å². The Bertz CT molecular complexity index is 1050.